The molecule has 1 aromatic heterocycles. The number of hydrogen-bond acceptors (Lipinski definition) is 3. The minimum atomic E-state index is -1.06. The highest BCUT2D eigenvalue weighted by Gasteiger charge is 2.26. The first kappa shape index (κ1) is 15.4. The fourth-order valence-electron chi connectivity index (χ4n) is 2.17. The Bertz CT molecular complexity index is 677. The van der Waals surface area contributed by atoms with E-state index in [4.69, 9.17) is 0 Å². The van der Waals surface area contributed by atoms with Crippen LogP contribution in [0.15, 0.2) is 34.8 Å². The van der Waals surface area contributed by atoms with E-state index in [1.807, 2.05) is 0 Å². The van der Waals surface area contributed by atoms with Crippen LogP contribution in [-0.2, 0) is 4.79 Å². The van der Waals surface area contributed by atoms with Crippen LogP contribution in [0.4, 0.5) is 0 Å². The molecule has 1 aromatic carbocycles. The Kier molecular flexibility index (Phi) is 4.57. The summed E-state index contributed by atoms with van der Waals surface area (Å²) in [6.45, 7) is 3.57. The minimum Gasteiger partial charge on any atom is -0.480 e. The van der Waals surface area contributed by atoms with Crippen LogP contribution in [0.25, 0.3) is 0 Å². The number of carbonyl (C=O) groups excluding carboxylic acids is 1. The highest BCUT2D eigenvalue weighted by Crippen LogP contribution is 2.19. The van der Waals surface area contributed by atoms with Crippen molar-refractivity contribution in [1.82, 2.24) is 9.78 Å². The molecule has 1 unspecified atom stereocenters. The Balaban J connectivity index is 2.24. The molecule has 0 saturated carbocycles. The number of carboxylic acids is 1. The third-order valence-electron chi connectivity index (χ3n) is 3.17. The number of halogens is 1. The SMILES string of the molecule is Cc1cc(C)n(C(CC(=O)c2ccc(Br)cc2)C(=O)O)n1. The van der Waals surface area contributed by atoms with Gasteiger partial charge in [-0.2, -0.15) is 5.10 Å². The van der Waals surface area contributed by atoms with Gasteiger partial charge in [0.15, 0.2) is 11.8 Å². The number of carboxylic acid groups (broad SMARTS) is 1. The van der Waals surface area contributed by atoms with Crippen LogP contribution in [0.5, 0.6) is 0 Å². The van der Waals surface area contributed by atoms with Crippen molar-refractivity contribution in [3.8, 4) is 0 Å². The maximum absolute atomic E-state index is 12.2. The fraction of sp³-hybridized carbons (Fsp3) is 0.267. The fourth-order valence-corrected chi connectivity index (χ4v) is 2.43. The summed E-state index contributed by atoms with van der Waals surface area (Å²) in [6.07, 6.45) is -0.126. The molecule has 0 fully saturated rings. The standard InChI is InChI=1S/C15H15BrN2O3/c1-9-7-10(2)18(17-9)13(15(20)21)8-14(19)11-3-5-12(16)6-4-11/h3-7,13H,8H2,1-2H3,(H,20,21). The van der Waals surface area contributed by atoms with Crippen molar-refractivity contribution < 1.29 is 14.7 Å². The van der Waals surface area contributed by atoms with Crippen molar-refractivity contribution >= 4 is 27.7 Å². The summed E-state index contributed by atoms with van der Waals surface area (Å²) in [5, 5.41) is 13.5. The molecule has 0 aliphatic heterocycles. The number of nitrogens with zero attached hydrogens (tertiary/aromatic N) is 2. The summed E-state index contributed by atoms with van der Waals surface area (Å²) < 4.78 is 2.27. The number of hydrogen-bond donors (Lipinski definition) is 1. The lowest BCUT2D eigenvalue weighted by Gasteiger charge is -2.14. The molecule has 0 bridgehead atoms. The summed E-state index contributed by atoms with van der Waals surface area (Å²) in [4.78, 5) is 23.7. The van der Waals surface area contributed by atoms with Crippen molar-refractivity contribution in [2.75, 3.05) is 0 Å². The molecule has 0 aliphatic carbocycles. The Labute approximate surface area is 130 Å². The highest BCUT2D eigenvalue weighted by atomic mass is 79.9. The maximum atomic E-state index is 12.2. The van der Waals surface area contributed by atoms with E-state index in [9.17, 15) is 14.7 Å². The number of aromatic nitrogens is 2. The number of carbonyl (C=O) groups is 2. The lowest BCUT2D eigenvalue weighted by Crippen LogP contribution is -2.24. The molecule has 1 heterocycles. The van der Waals surface area contributed by atoms with Crippen LogP contribution in [0.3, 0.4) is 0 Å². The third-order valence-corrected chi connectivity index (χ3v) is 3.70. The predicted molar refractivity (Wildman–Crippen MR) is 81.5 cm³/mol. The lowest BCUT2D eigenvalue weighted by atomic mass is 10.0. The average Bonchev–Trinajstić information content (AvgIpc) is 2.75. The number of aryl methyl sites for hydroxylation is 2. The molecule has 0 radical (unpaired) electrons. The van der Waals surface area contributed by atoms with Crippen LogP contribution in [0.2, 0.25) is 0 Å². The van der Waals surface area contributed by atoms with Gasteiger partial charge in [0, 0.05) is 22.2 Å². The third kappa shape index (κ3) is 3.58. The largest absolute Gasteiger partial charge is 0.480 e. The summed E-state index contributed by atoms with van der Waals surface area (Å²) in [6, 6.07) is 7.66. The number of benzene rings is 1. The first-order valence-corrected chi connectivity index (χ1v) is 7.22. The smallest absolute Gasteiger partial charge is 0.328 e. The molecule has 21 heavy (non-hydrogen) atoms. The highest BCUT2D eigenvalue weighted by molar-refractivity contribution is 9.10. The number of Topliss-reactive ketones (excluding diaryl/α,β-unsaturated/α-hetero) is 1. The molecule has 1 atom stereocenters. The van der Waals surface area contributed by atoms with E-state index in [2.05, 4.69) is 21.0 Å². The molecular formula is C15H15BrN2O3. The molecule has 110 valence electrons. The average molecular weight is 351 g/mol. The van der Waals surface area contributed by atoms with Gasteiger partial charge < -0.3 is 5.11 Å². The molecular weight excluding hydrogens is 336 g/mol. The van der Waals surface area contributed by atoms with Crippen molar-refractivity contribution in [1.29, 1.82) is 0 Å². The molecule has 2 rings (SSSR count). The molecule has 6 heteroatoms. The van der Waals surface area contributed by atoms with Gasteiger partial charge in [-0.15, -0.1) is 0 Å². The van der Waals surface area contributed by atoms with E-state index in [0.717, 1.165) is 15.9 Å². The first-order valence-electron chi connectivity index (χ1n) is 6.43. The van der Waals surface area contributed by atoms with Crippen molar-refractivity contribution in [2.45, 2.75) is 26.3 Å². The summed E-state index contributed by atoms with van der Waals surface area (Å²) in [5.41, 5.74) is 1.95. The van der Waals surface area contributed by atoms with Gasteiger partial charge in [-0.3, -0.25) is 9.48 Å². The lowest BCUT2D eigenvalue weighted by molar-refractivity contribution is -0.141. The zero-order valence-electron chi connectivity index (χ0n) is 11.7. The maximum Gasteiger partial charge on any atom is 0.328 e. The van der Waals surface area contributed by atoms with E-state index >= 15 is 0 Å². The van der Waals surface area contributed by atoms with Gasteiger partial charge in [0.1, 0.15) is 0 Å². The monoisotopic (exact) mass is 350 g/mol. The normalized spacial score (nSPS) is 12.1. The van der Waals surface area contributed by atoms with Gasteiger partial charge in [0.25, 0.3) is 0 Å². The van der Waals surface area contributed by atoms with Gasteiger partial charge in [0.05, 0.1) is 5.69 Å². The summed E-state index contributed by atoms with van der Waals surface area (Å²) in [5.74, 6) is -1.28. The number of rotatable bonds is 5. The molecule has 2 aromatic rings. The van der Waals surface area contributed by atoms with E-state index < -0.39 is 12.0 Å². The van der Waals surface area contributed by atoms with Gasteiger partial charge in [-0.25, -0.2) is 4.79 Å². The van der Waals surface area contributed by atoms with Crippen LogP contribution >= 0.6 is 15.9 Å². The summed E-state index contributed by atoms with van der Waals surface area (Å²) >= 11 is 3.30. The molecule has 5 nitrogen and oxygen atoms in total. The van der Waals surface area contributed by atoms with Crippen molar-refractivity contribution in [2.24, 2.45) is 0 Å². The zero-order chi connectivity index (χ0) is 15.6. The topological polar surface area (TPSA) is 72.2 Å². The summed E-state index contributed by atoms with van der Waals surface area (Å²) in [7, 11) is 0. The van der Waals surface area contributed by atoms with Crippen molar-refractivity contribution in [3.63, 3.8) is 0 Å². The second-order valence-electron chi connectivity index (χ2n) is 4.86. The van der Waals surface area contributed by atoms with E-state index in [0.29, 0.717) is 5.56 Å². The van der Waals surface area contributed by atoms with Crippen LogP contribution in [0.1, 0.15) is 34.2 Å². The van der Waals surface area contributed by atoms with E-state index in [1.54, 1.807) is 44.2 Å². The Morgan fingerprint density at radius 2 is 1.90 bits per heavy atom. The second kappa shape index (κ2) is 6.22. The Morgan fingerprint density at radius 3 is 2.38 bits per heavy atom. The number of aliphatic carboxylic acids is 1. The van der Waals surface area contributed by atoms with E-state index in [-0.39, 0.29) is 12.2 Å². The molecule has 1 N–H and O–H groups in total. The van der Waals surface area contributed by atoms with Crippen LogP contribution in [0, 0.1) is 13.8 Å². The predicted octanol–water partition coefficient (Wildman–Crippen LogP) is 3.16. The van der Waals surface area contributed by atoms with Crippen LogP contribution < -0.4 is 0 Å². The molecule has 0 saturated heterocycles. The quantitative estimate of drug-likeness (QED) is 0.840. The van der Waals surface area contributed by atoms with Gasteiger partial charge in [-0.05, 0) is 32.0 Å². The Morgan fingerprint density at radius 1 is 1.29 bits per heavy atom. The van der Waals surface area contributed by atoms with Gasteiger partial charge in [-0.1, -0.05) is 28.1 Å². The second-order valence-corrected chi connectivity index (χ2v) is 5.78. The first-order chi connectivity index (χ1) is 9.88. The molecule has 0 aliphatic rings. The molecule has 0 amide bonds. The van der Waals surface area contributed by atoms with Gasteiger partial charge in [0.2, 0.25) is 0 Å². The van der Waals surface area contributed by atoms with Gasteiger partial charge >= 0.3 is 5.97 Å². The van der Waals surface area contributed by atoms with Crippen LogP contribution in [-0.4, -0.2) is 26.6 Å². The minimum absolute atomic E-state index is 0.126. The Hall–Kier alpha value is -1.95. The van der Waals surface area contributed by atoms with E-state index in [1.165, 1.54) is 4.68 Å². The van der Waals surface area contributed by atoms with Crippen molar-refractivity contribution in [3.05, 3.63) is 51.8 Å². The number of ketones is 1. The zero-order valence-corrected chi connectivity index (χ0v) is 13.3. The molecule has 0 spiro atoms.